The maximum Gasteiger partial charge on any atom is 0.228 e. The molecule has 5 nitrogen and oxygen atoms in total. The van der Waals surface area contributed by atoms with E-state index in [-0.39, 0.29) is 23.7 Å². The van der Waals surface area contributed by atoms with Gasteiger partial charge in [-0.15, -0.1) is 0 Å². The van der Waals surface area contributed by atoms with E-state index < -0.39 is 0 Å². The first-order valence-corrected chi connectivity index (χ1v) is 9.87. The van der Waals surface area contributed by atoms with Crippen molar-refractivity contribution in [3.63, 3.8) is 0 Å². The van der Waals surface area contributed by atoms with Crippen LogP contribution in [0.5, 0.6) is 0 Å². The number of para-hydroxylation sites is 1. The van der Waals surface area contributed by atoms with Gasteiger partial charge in [-0.05, 0) is 62.1 Å². The molecule has 2 atom stereocenters. The summed E-state index contributed by atoms with van der Waals surface area (Å²) in [6, 6.07) is 17.9. The van der Waals surface area contributed by atoms with Crippen molar-refractivity contribution in [3.8, 4) is 0 Å². The first kappa shape index (κ1) is 18.3. The number of hydrogen-bond acceptors (Lipinski definition) is 3. The third kappa shape index (κ3) is 4.60. The van der Waals surface area contributed by atoms with E-state index in [0.717, 1.165) is 29.9 Å². The van der Waals surface area contributed by atoms with Crippen LogP contribution in [0.15, 0.2) is 66.7 Å². The van der Waals surface area contributed by atoms with Crippen molar-refractivity contribution >= 4 is 28.9 Å². The Morgan fingerprint density at radius 2 is 1.29 bits per heavy atom. The van der Waals surface area contributed by atoms with Gasteiger partial charge in [0.15, 0.2) is 0 Å². The van der Waals surface area contributed by atoms with Crippen LogP contribution >= 0.6 is 0 Å². The maximum atomic E-state index is 12.8. The Morgan fingerprint density at radius 1 is 0.714 bits per heavy atom. The molecule has 144 valence electrons. The van der Waals surface area contributed by atoms with E-state index in [0.29, 0.717) is 18.9 Å². The Balaban J connectivity index is 1.37. The molecule has 3 N–H and O–H groups in total. The third-order valence-corrected chi connectivity index (χ3v) is 5.24. The Labute approximate surface area is 165 Å². The Bertz CT molecular complexity index is 857. The lowest BCUT2D eigenvalue weighted by molar-refractivity contribution is -0.132. The van der Waals surface area contributed by atoms with Gasteiger partial charge < -0.3 is 16.0 Å². The second-order valence-electron chi connectivity index (χ2n) is 7.50. The lowest BCUT2D eigenvalue weighted by Gasteiger charge is -2.26. The number of carbonyl (C=O) groups excluding carboxylic acids is 2. The number of benzene rings is 2. The molecule has 0 saturated heterocycles. The van der Waals surface area contributed by atoms with E-state index in [1.165, 1.54) is 0 Å². The molecular weight excluding hydrogens is 350 g/mol. The first-order valence-electron chi connectivity index (χ1n) is 9.87. The van der Waals surface area contributed by atoms with E-state index in [1.54, 1.807) is 0 Å². The molecule has 4 rings (SSSR count). The smallest absolute Gasteiger partial charge is 0.228 e. The summed E-state index contributed by atoms with van der Waals surface area (Å²) in [4.78, 5) is 25.3. The summed E-state index contributed by atoms with van der Waals surface area (Å²) in [6.45, 7) is 0. The summed E-state index contributed by atoms with van der Waals surface area (Å²) < 4.78 is 0. The molecule has 0 heterocycles. The molecule has 2 aliphatic rings. The lowest BCUT2D eigenvalue weighted by Crippen LogP contribution is -2.41. The summed E-state index contributed by atoms with van der Waals surface area (Å²) in [5.74, 6) is -0.700. The normalized spacial score (nSPS) is 21.0. The second-order valence-corrected chi connectivity index (χ2v) is 7.50. The van der Waals surface area contributed by atoms with Gasteiger partial charge in [-0.3, -0.25) is 9.59 Å². The zero-order chi connectivity index (χ0) is 19.3. The molecule has 2 aliphatic carbocycles. The van der Waals surface area contributed by atoms with E-state index in [2.05, 4.69) is 16.0 Å². The predicted molar refractivity (Wildman–Crippen MR) is 111 cm³/mol. The fraction of sp³-hybridized carbons (Fsp3) is 0.304. The number of hydrogen-bond donors (Lipinski definition) is 3. The Hall–Kier alpha value is -3.08. The van der Waals surface area contributed by atoms with E-state index in [4.69, 9.17) is 0 Å². The summed E-state index contributed by atoms with van der Waals surface area (Å²) in [5, 5.41) is 9.34. The SMILES string of the molecule is O=C(Nc1ccc(Nc2ccccc2)cc1)[C@@H]1CC=CC[C@H]1C(=O)NC1CC1. The van der Waals surface area contributed by atoms with Crippen molar-refractivity contribution in [1.82, 2.24) is 5.32 Å². The average molecular weight is 375 g/mol. The number of anilines is 3. The molecule has 0 aliphatic heterocycles. The molecule has 28 heavy (non-hydrogen) atoms. The van der Waals surface area contributed by atoms with Crippen molar-refractivity contribution in [2.24, 2.45) is 11.8 Å². The predicted octanol–water partition coefficient (Wildman–Crippen LogP) is 4.23. The summed E-state index contributed by atoms with van der Waals surface area (Å²) in [7, 11) is 0. The fourth-order valence-electron chi connectivity index (χ4n) is 3.49. The van der Waals surface area contributed by atoms with Gasteiger partial charge in [0.1, 0.15) is 0 Å². The van der Waals surface area contributed by atoms with Crippen molar-refractivity contribution < 1.29 is 9.59 Å². The maximum absolute atomic E-state index is 12.8. The van der Waals surface area contributed by atoms with Crippen molar-refractivity contribution in [1.29, 1.82) is 0 Å². The van der Waals surface area contributed by atoms with Crippen molar-refractivity contribution in [2.45, 2.75) is 31.7 Å². The van der Waals surface area contributed by atoms with Gasteiger partial charge in [-0.1, -0.05) is 30.4 Å². The molecule has 0 spiro atoms. The molecule has 0 aromatic heterocycles. The summed E-state index contributed by atoms with van der Waals surface area (Å²) in [5.41, 5.74) is 2.70. The highest BCUT2D eigenvalue weighted by atomic mass is 16.2. The monoisotopic (exact) mass is 375 g/mol. The third-order valence-electron chi connectivity index (χ3n) is 5.24. The zero-order valence-corrected chi connectivity index (χ0v) is 15.7. The van der Waals surface area contributed by atoms with Gasteiger partial charge in [-0.2, -0.15) is 0 Å². The van der Waals surface area contributed by atoms with Crippen LogP contribution in [0, 0.1) is 11.8 Å². The van der Waals surface area contributed by atoms with E-state index in [1.807, 2.05) is 66.7 Å². The van der Waals surface area contributed by atoms with Gasteiger partial charge in [0, 0.05) is 23.1 Å². The van der Waals surface area contributed by atoms with Gasteiger partial charge >= 0.3 is 0 Å². The van der Waals surface area contributed by atoms with Crippen molar-refractivity contribution in [3.05, 3.63) is 66.7 Å². The molecular formula is C23H25N3O2. The second kappa shape index (κ2) is 8.30. The minimum atomic E-state index is -0.328. The quantitative estimate of drug-likeness (QED) is 0.662. The van der Waals surface area contributed by atoms with Crippen LogP contribution in [0.1, 0.15) is 25.7 Å². The molecule has 5 heteroatoms. The highest BCUT2D eigenvalue weighted by Gasteiger charge is 2.36. The number of amides is 2. The number of nitrogens with one attached hydrogen (secondary N) is 3. The van der Waals surface area contributed by atoms with Crippen LogP contribution in [-0.4, -0.2) is 17.9 Å². The molecule has 0 unspecified atom stereocenters. The van der Waals surface area contributed by atoms with Crippen LogP contribution < -0.4 is 16.0 Å². The lowest BCUT2D eigenvalue weighted by atomic mass is 9.81. The van der Waals surface area contributed by atoms with Crippen LogP contribution in [0.3, 0.4) is 0 Å². The highest BCUT2D eigenvalue weighted by Crippen LogP contribution is 2.29. The average Bonchev–Trinajstić information content (AvgIpc) is 3.54. The van der Waals surface area contributed by atoms with Gasteiger partial charge in [0.05, 0.1) is 11.8 Å². The molecule has 1 fully saturated rings. The standard InChI is InChI=1S/C23H25N3O2/c27-22(20-8-4-5-9-21(20)23(28)26-19-14-15-19)25-18-12-10-17(11-13-18)24-16-6-2-1-3-7-16/h1-7,10-13,19-21,24H,8-9,14-15H2,(H,25,27)(H,26,28)/t20-,21-/m1/s1. The summed E-state index contributed by atoms with van der Waals surface area (Å²) in [6.07, 6.45) is 7.32. The molecule has 2 aromatic carbocycles. The number of allylic oxidation sites excluding steroid dienone is 2. The van der Waals surface area contributed by atoms with Gasteiger partial charge in [0.25, 0.3) is 0 Å². The van der Waals surface area contributed by atoms with Crippen LogP contribution in [-0.2, 0) is 9.59 Å². The Kier molecular flexibility index (Phi) is 5.42. The summed E-state index contributed by atoms with van der Waals surface area (Å²) >= 11 is 0. The van der Waals surface area contributed by atoms with Crippen LogP contribution in [0.2, 0.25) is 0 Å². The minimum absolute atomic E-state index is 0.00871. The van der Waals surface area contributed by atoms with Crippen LogP contribution in [0.4, 0.5) is 17.1 Å². The molecule has 2 aromatic rings. The first-order chi connectivity index (χ1) is 13.7. The molecule has 0 radical (unpaired) electrons. The topological polar surface area (TPSA) is 70.2 Å². The highest BCUT2D eigenvalue weighted by molar-refractivity contribution is 5.96. The van der Waals surface area contributed by atoms with Crippen molar-refractivity contribution in [2.75, 3.05) is 10.6 Å². The van der Waals surface area contributed by atoms with Gasteiger partial charge in [-0.25, -0.2) is 0 Å². The van der Waals surface area contributed by atoms with E-state index in [9.17, 15) is 9.59 Å². The largest absolute Gasteiger partial charge is 0.356 e. The fourth-order valence-corrected chi connectivity index (χ4v) is 3.49. The number of carbonyl (C=O) groups is 2. The van der Waals surface area contributed by atoms with E-state index >= 15 is 0 Å². The molecule has 0 bridgehead atoms. The molecule has 1 saturated carbocycles. The number of rotatable bonds is 6. The van der Waals surface area contributed by atoms with Gasteiger partial charge in [0.2, 0.25) is 11.8 Å². The van der Waals surface area contributed by atoms with Crippen LogP contribution in [0.25, 0.3) is 0 Å². The minimum Gasteiger partial charge on any atom is -0.356 e. The zero-order valence-electron chi connectivity index (χ0n) is 15.7. The molecule has 2 amide bonds. The Morgan fingerprint density at radius 3 is 1.93 bits per heavy atom.